The summed E-state index contributed by atoms with van der Waals surface area (Å²) in [5.74, 6) is 0. The lowest BCUT2D eigenvalue weighted by molar-refractivity contribution is -0.0648. The zero-order chi connectivity index (χ0) is 15.3. The molecule has 2 unspecified atom stereocenters. The van der Waals surface area contributed by atoms with Crippen molar-refractivity contribution in [3.05, 3.63) is 0 Å². The maximum atomic E-state index is 5.81. The smallest absolute Gasteiger partial charge is 0.0674 e. The Hall–Kier alpha value is -0.120. The summed E-state index contributed by atoms with van der Waals surface area (Å²) in [6.45, 7) is 13.5. The highest BCUT2D eigenvalue weighted by molar-refractivity contribution is 4.90. The molecule has 3 heteroatoms. The first kappa shape index (κ1) is 17.2. The van der Waals surface area contributed by atoms with E-state index in [-0.39, 0.29) is 0 Å². The van der Waals surface area contributed by atoms with Gasteiger partial charge in [0.25, 0.3) is 0 Å². The first-order chi connectivity index (χ1) is 10.0. The average molecular weight is 296 g/mol. The highest BCUT2D eigenvalue weighted by Gasteiger charge is 2.35. The summed E-state index contributed by atoms with van der Waals surface area (Å²) in [4.78, 5) is 2.70. The third kappa shape index (κ3) is 5.22. The van der Waals surface area contributed by atoms with E-state index in [4.69, 9.17) is 4.74 Å². The highest BCUT2D eigenvalue weighted by Crippen LogP contribution is 2.36. The summed E-state index contributed by atoms with van der Waals surface area (Å²) < 4.78 is 5.81. The first-order valence-corrected chi connectivity index (χ1v) is 9.10. The van der Waals surface area contributed by atoms with Crippen molar-refractivity contribution in [1.29, 1.82) is 0 Å². The van der Waals surface area contributed by atoms with Gasteiger partial charge < -0.3 is 10.1 Å². The van der Waals surface area contributed by atoms with Crippen LogP contribution in [0.1, 0.15) is 66.2 Å². The van der Waals surface area contributed by atoms with Gasteiger partial charge in [-0.05, 0) is 32.1 Å². The van der Waals surface area contributed by atoms with Crippen LogP contribution in [0.15, 0.2) is 0 Å². The molecule has 1 aliphatic carbocycles. The number of morpholine rings is 1. The second-order valence-electron chi connectivity index (χ2n) is 7.87. The number of ether oxygens (including phenoxy) is 1. The maximum Gasteiger partial charge on any atom is 0.0674 e. The Morgan fingerprint density at radius 3 is 2.43 bits per heavy atom. The van der Waals surface area contributed by atoms with E-state index >= 15 is 0 Å². The lowest BCUT2D eigenvalue weighted by Gasteiger charge is -2.44. The molecule has 0 bridgehead atoms. The third-order valence-corrected chi connectivity index (χ3v) is 5.32. The minimum Gasteiger partial charge on any atom is -0.376 e. The van der Waals surface area contributed by atoms with Crippen LogP contribution in [0.25, 0.3) is 0 Å². The number of rotatable bonds is 5. The summed E-state index contributed by atoms with van der Waals surface area (Å²) in [5.41, 5.74) is 0.478. The minimum atomic E-state index is 0.391. The van der Waals surface area contributed by atoms with E-state index in [9.17, 15) is 0 Å². The molecule has 0 aromatic heterocycles. The van der Waals surface area contributed by atoms with Crippen molar-refractivity contribution < 1.29 is 4.74 Å². The van der Waals surface area contributed by atoms with Crippen molar-refractivity contribution in [3.8, 4) is 0 Å². The monoisotopic (exact) mass is 296 g/mol. The van der Waals surface area contributed by atoms with Gasteiger partial charge in [-0.2, -0.15) is 0 Å². The number of hydrogen-bond donors (Lipinski definition) is 1. The first-order valence-electron chi connectivity index (χ1n) is 9.10. The van der Waals surface area contributed by atoms with Crippen LogP contribution in [0, 0.1) is 5.41 Å². The zero-order valence-electron chi connectivity index (χ0n) is 14.7. The molecule has 1 saturated carbocycles. The fourth-order valence-corrected chi connectivity index (χ4v) is 3.91. The Bertz CT molecular complexity index is 298. The zero-order valence-corrected chi connectivity index (χ0v) is 14.7. The molecule has 0 amide bonds. The molecule has 21 heavy (non-hydrogen) atoms. The average Bonchev–Trinajstić information content (AvgIpc) is 2.67. The summed E-state index contributed by atoms with van der Waals surface area (Å²) in [5, 5.41) is 3.74. The molecular weight excluding hydrogens is 260 g/mol. The van der Waals surface area contributed by atoms with Crippen LogP contribution in [-0.2, 0) is 4.74 Å². The molecule has 2 atom stereocenters. The Morgan fingerprint density at radius 2 is 1.81 bits per heavy atom. The standard InChI is InChI=1S/C18H36N2O/c1-15(2)19-13-18(9-7-5-6-8-10-18)14-20-11-17(4)21-12-16(20)3/h15-17,19H,5-14H2,1-4H3. The van der Waals surface area contributed by atoms with E-state index in [0.717, 1.165) is 13.2 Å². The van der Waals surface area contributed by atoms with Crippen molar-refractivity contribution in [1.82, 2.24) is 10.2 Å². The summed E-state index contributed by atoms with van der Waals surface area (Å²) >= 11 is 0. The van der Waals surface area contributed by atoms with Crippen LogP contribution >= 0.6 is 0 Å². The van der Waals surface area contributed by atoms with E-state index in [2.05, 4.69) is 37.9 Å². The third-order valence-electron chi connectivity index (χ3n) is 5.32. The predicted molar refractivity (Wildman–Crippen MR) is 89.7 cm³/mol. The van der Waals surface area contributed by atoms with Gasteiger partial charge in [0.1, 0.15) is 0 Å². The van der Waals surface area contributed by atoms with Gasteiger partial charge >= 0.3 is 0 Å². The van der Waals surface area contributed by atoms with Gasteiger partial charge in [-0.1, -0.05) is 39.5 Å². The van der Waals surface area contributed by atoms with E-state index in [1.807, 2.05) is 0 Å². The normalized spacial score (nSPS) is 31.3. The molecule has 1 N–H and O–H groups in total. The van der Waals surface area contributed by atoms with Crippen LogP contribution in [0.3, 0.4) is 0 Å². The molecule has 0 spiro atoms. The molecule has 0 radical (unpaired) electrons. The molecular formula is C18H36N2O. The van der Waals surface area contributed by atoms with E-state index < -0.39 is 0 Å². The Morgan fingerprint density at radius 1 is 1.14 bits per heavy atom. The number of nitrogens with one attached hydrogen (secondary N) is 1. The molecule has 2 fully saturated rings. The predicted octanol–water partition coefficient (Wildman–Crippen LogP) is 3.43. The van der Waals surface area contributed by atoms with Crippen molar-refractivity contribution in [3.63, 3.8) is 0 Å². The molecule has 0 aromatic carbocycles. The SMILES string of the molecule is CC(C)NCC1(CN2CC(C)OCC2C)CCCCCC1. The van der Waals surface area contributed by atoms with Gasteiger partial charge in [-0.15, -0.1) is 0 Å². The topological polar surface area (TPSA) is 24.5 Å². The van der Waals surface area contributed by atoms with Crippen LogP contribution in [0.4, 0.5) is 0 Å². The lowest BCUT2D eigenvalue weighted by Crippen LogP contribution is -2.53. The fourth-order valence-electron chi connectivity index (χ4n) is 3.91. The number of nitrogens with zero attached hydrogens (tertiary/aromatic N) is 1. The van der Waals surface area contributed by atoms with Crippen LogP contribution in [0.5, 0.6) is 0 Å². The highest BCUT2D eigenvalue weighted by atomic mass is 16.5. The van der Waals surface area contributed by atoms with E-state index in [1.54, 1.807) is 0 Å². The summed E-state index contributed by atoms with van der Waals surface area (Å²) in [6, 6.07) is 1.16. The van der Waals surface area contributed by atoms with Crippen molar-refractivity contribution in [2.75, 3.05) is 26.2 Å². The van der Waals surface area contributed by atoms with Crippen molar-refractivity contribution in [2.45, 2.75) is 84.4 Å². The summed E-state index contributed by atoms with van der Waals surface area (Å²) in [6.07, 6.45) is 8.86. The van der Waals surface area contributed by atoms with Gasteiger partial charge in [0.05, 0.1) is 12.7 Å². The minimum absolute atomic E-state index is 0.391. The Kier molecular flexibility index (Phi) is 6.51. The molecule has 1 aliphatic heterocycles. The lowest BCUT2D eigenvalue weighted by atomic mass is 9.79. The molecule has 1 saturated heterocycles. The van der Waals surface area contributed by atoms with Gasteiger partial charge in [-0.25, -0.2) is 0 Å². The van der Waals surface area contributed by atoms with Gasteiger partial charge in [-0.3, -0.25) is 4.90 Å². The molecule has 0 aromatic rings. The van der Waals surface area contributed by atoms with Gasteiger partial charge in [0.15, 0.2) is 0 Å². The second kappa shape index (κ2) is 7.94. The fraction of sp³-hybridized carbons (Fsp3) is 1.00. The van der Waals surface area contributed by atoms with E-state index in [1.165, 1.54) is 51.6 Å². The molecule has 124 valence electrons. The quantitative estimate of drug-likeness (QED) is 0.787. The van der Waals surface area contributed by atoms with Crippen LogP contribution in [-0.4, -0.2) is 49.3 Å². The maximum absolute atomic E-state index is 5.81. The molecule has 1 heterocycles. The second-order valence-corrected chi connectivity index (χ2v) is 7.87. The molecule has 2 aliphatic rings. The molecule has 2 rings (SSSR count). The van der Waals surface area contributed by atoms with Gasteiger partial charge in [0, 0.05) is 31.7 Å². The van der Waals surface area contributed by atoms with Crippen LogP contribution in [0.2, 0.25) is 0 Å². The van der Waals surface area contributed by atoms with Gasteiger partial charge in [0.2, 0.25) is 0 Å². The van der Waals surface area contributed by atoms with E-state index in [0.29, 0.717) is 23.6 Å². The Labute approximate surface area is 131 Å². The van der Waals surface area contributed by atoms with Crippen molar-refractivity contribution in [2.24, 2.45) is 5.41 Å². The largest absolute Gasteiger partial charge is 0.376 e. The Balaban J connectivity index is 2.02. The molecule has 3 nitrogen and oxygen atoms in total. The number of hydrogen-bond acceptors (Lipinski definition) is 3. The summed E-state index contributed by atoms with van der Waals surface area (Å²) in [7, 11) is 0. The van der Waals surface area contributed by atoms with Crippen LogP contribution < -0.4 is 5.32 Å². The van der Waals surface area contributed by atoms with Crippen molar-refractivity contribution >= 4 is 0 Å².